The Bertz CT molecular complexity index is 490. The van der Waals surface area contributed by atoms with Crippen LogP contribution >= 0.6 is 0 Å². The summed E-state index contributed by atoms with van der Waals surface area (Å²) in [4.78, 5) is 14.1. The third-order valence-electron chi connectivity index (χ3n) is 3.88. The molecular formula is C15H22FN3O. The SMILES string of the molecule is CC(C)C1CCN(CC(=O)Nc2cc(N)ccc2F)C1. The van der Waals surface area contributed by atoms with Crippen LogP contribution in [0.1, 0.15) is 20.3 Å². The average molecular weight is 279 g/mol. The van der Waals surface area contributed by atoms with Gasteiger partial charge in [0.1, 0.15) is 5.82 Å². The van der Waals surface area contributed by atoms with Crippen LogP contribution in [0.5, 0.6) is 0 Å². The number of halogens is 1. The standard InChI is InChI=1S/C15H22FN3O/c1-10(2)11-5-6-19(8-11)9-15(20)18-14-7-12(17)3-4-13(14)16/h3-4,7,10-11H,5-6,8-9,17H2,1-2H3,(H,18,20). The Labute approximate surface area is 119 Å². The summed E-state index contributed by atoms with van der Waals surface area (Å²) in [5, 5.41) is 2.59. The largest absolute Gasteiger partial charge is 0.399 e. The number of carbonyl (C=O) groups is 1. The molecule has 1 saturated heterocycles. The number of nitrogens with zero attached hydrogens (tertiary/aromatic N) is 1. The number of hydrogen-bond donors (Lipinski definition) is 2. The first-order chi connectivity index (χ1) is 9.45. The monoisotopic (exact) mass is 279 g/mol. The highest BCUT2D eigenvalue weighted by molar-refractivity contribution is 5.92. The van der Waals surface area contributed by atoms with Gasteiger partial charge in [0.05, 0.1) is 12.2 Å². The van der Waals surface area contributed by atoms with Crippen LogP contribution in [0.3, 0.4) is 0 Å². The molecule has 2 rings (SSSR count). The van der Waals surface area contributed by atoms with Gasteiger partial charge < -0.3 is 11.1 Å². The number of nitrogens with one attached hydrogen (secondary N) is 1. The highest BCUT2D eigenvalue weighted by Crippen LogP contribution is 2.23. The fraction of sp³-hybridized carbons (Fsp3) is 0.533. The fourth-order valence-electron chi connectivity index (χ4n) is 2.58. The average Bonchev–Trinajstić information content (AvgIpc) is 2.82. The van der Waals surface area contributed by atoms with Gasteiger partial charge in [0, 0.05) is 12.2 Å². The Morgan fingerprint density at radius 2 is 2.30 bits per heavy atom. The smallest absolute Gasteiger partial charge is 0.238 e. The molecule has 0 aromatic heterocycles. The summed E-state index contributed by atoms with van der Waals surface area (Å²) in [5.74, 6) is 0.620. The zero-order valence-corrected chi connectivity index (χ0v) is 12.0. The van der Waals surface area contributed by atoms with Gasteiger partial charge >= 0.3 is 0 Å². The third-order valence-corrected chi connectivity index (χ3v) is 3.88. The van der Waals surface area contributed by atoms with E-state index in [1.54, 1.807) is 0 Å². The first-order valence-electron chi connectivity index (χ1n) is 7.03. The number of anilines is 2. The lowest BCUT2D eigenvalue weighted by Crippen LogP contribution is -2.32. The van der Waals surface area contributed by atoms with Crippen molar-refractivity contribution in [2.75, 3.05) is 30.7 Å². The van der Waals surface area contributed by atoms with Crippen molar-refractivity contribution in [2.24, 2.45) is 11.8 Å². The van der Waals surface area contributed by atoms with E-state index in [4.69, 9.17) is 5.73 Å². The van der Waals surface area contributed by atoms with Crippen molar-refractivity contribution in [2.45, 2.75) is 20.3 Å². The zero-order valence-electron chi connectivity index (χ0n) is 12.0. The minimum Gasteiger partial charge on any atom is -0.399 e. The van der Waals surface area contributed by atoms with E-state index in [0.717, 1.165) is 19.5 Å². The molecule has 110 valence electrons. The van der Waals surface area contributed by atoms with Crippen molar-refractivity contribution in [3.8, 4) is 0 Å². The molecular weight excluding hydrogens is 257 g/mol. The van der Waals surface area contributed by atoms with Crippen LogP contribution in [0, 0.1) is 17.7 Å². The first kappa shape index (κ1) is 14.8. The van der Waals surface area contributed by atoms with E-state index < -0.39 is 5.82 Å². The van der Waals surface area contributed by atoms with Gasteiger partial charge in [-0.1, -0.05) is 13.8 Å². The fourth-order valence-corrected chi connectivity index (χ4v) is 2.58. The first-order valence-corrected chi connectivity index (χ1v) is 7.03. The molecule has 1 aromatic rings. The summed E-state index contributed by atoms with van der Waals surface area (Å²) in [5.41, 5.74) is 6.17. The maximum Gasteiger partial charge on any atom is 0.238 e. The molecule has 1 unspecified atom stereocenters. The molecule has 20 heavy (non-hydrogen) atoms. The predicted octanol–water partition coefficient (Wildman–Crippen LogP) is 2.32. The quantitative estimate of drug-likeness (QED) is 0.832. The predicted molar refractivity (Wildman–Crippen MR) is 78.8 cm³/mol. The van der Waals surface area contributed by atoms with Gasteiger partial charge in [-0.2, -0.15) is 0 Å². The molecule has 1 aliphatic heterocycles. The van der Waals surface area contributed by atoms with E-state index in [-0.39, 0.29) is 11.6 Å². The molecule has 1 aliphatic rings. The molecule has 0 aliphatic carbocycles. The Balaban J connectivity index is 1.88. The van der Waals surface area contributed by atoms with Gasteiger partial charge in [-0.05, 0) is 43.0 Å². The number of rotatable bonds is 4. The van der Waals surface area contributed by atoms with Gasteiger partial charge in [0.25, 0.3) is 0 Å². The summed E-state index contributed by atoms with van der Waals surface area (Å²) in [6, 6.07) is 4.17. The third kappa shape index (κ3) is 3.70. The van der Waals surface area contributed by atoms with E-state index >= 15 is 0 Å². The number of benzene rings is 1. The van der Waals surface area contributed by atoms with E-state index in [1.165, 1.54) is 18.2 Å². The van der Waals surface area contributed by atoms with Gasteiger partial charge in [-0.25, -0.2) is 4.39 Å². The number of hydrogen-bond acceptors (Lipinski definition) is 3. The zero-order chi connectivity index (χ0) is 14.7. The van der Waals surface area contributed by atoms with Crippen LogP contribution in [-0.4, -0.2) is 30.4 Å². The second-order valence-electron chi connectivity index (χ2n) is 5.82. The van der Waals surface area contributed by atoms with Crippen molar-refractivity contribution in [3.05, 3.63) is 24.0 Å². The normalized spacial score (nSPS) is 19.5. The maximum absolute atomic E-state index is 13.5. The summed E-state index contributed by atoms with van der Waals surface area (Å²) < 4.78 is 13.5. The summed E-state index contributed by atoms with van der Waals surface area (Å²) in [6.07, 6.45) is 1.12. The lowest BCUT2D eigenvalue weighted by Gasteiger charge is -2.17. The number of carbonyl (C=O) groups excluding carboxylic acids is 1. The van der Waals surface area contributed by atoms with Crippen molar-refractivity contribution >= 4 is 17.3 Å². The number of nitrogen functional groups attached to an aromatic ring is 1. The second kappa shape index (κ2) is 6.22. The molecule has 1 fully saturated rings. The van der Waals surface area contributed by atoms with Crippen LogP contribution in [-0.2, 0) is 4.79 Å². The van der Waals surface area contributed by atoms with E-state index in [2.05, 4.69) is 24.1 Å². The summed E-state index contributed by atoms with van der Waals surface area (Å²) >= 11 is 0. The van der Waals surface area contributed by atoms with Crippen LogP contribution in [0.25, 0.3) is 0 Å². The van der Waals surface area contributed by atoms with Crippen LogP contribution < -0.4 is 11.1 Å². The van der Waals surface area contributed by atoms with Crippen LogP contribution in [0.4, 0.5) is 15.8 Å². The van der Waals surface area contributed by atoms with Crippen LogP contribution in [0.2, 0.25) is 0 Å². The van der Waals surface area contributed by atoms with Crippen molar-refractivity contribution in [1.29, 1.82) is 0 Å². The highest BCUT2D eigenvalue weighted by atomic mass is 19.1. The lowest BCUT2D eigenvalue weighted by atomic mass is 9.95. The Morgan fingerprint density at radius 1 is 1.55 bits per heavy atom. The second-order valence-corrected chi connectivity index (χ2v) is 5.82. The molecule has 0 saturated carbocycles. The topological polar surface area (TPSA) is 58.4 Å². The highest BCUT2D eigenvalue weighted by Gasteiger charge is 2.26. The van der Waals surface area contributed by atoms with E-state index in [0.29, 0.717) is 24.1 Å². The summed E-state index contributed by atoms with van der Waals surface area (Å²) in [6.45, 7) is 6.57. The van der Waals surface area contributed by atoms with Crippen molar-refractivity contribution in [3.63, 3.8) is 0 Å². The maximum atomic E-state index is 13.5. The Kier molecular flexibility index (Phi) is 4.60. The van der Waals surface area contributed by atoms with Crippen molar-refractivity contribution in [1.82, 2.24) is 4.90 Å². The molecule has 0 radical (unpaired) electrons. The molecule has 1 amide bonds. The van der Waals surface area contributed by atoms with Gasteiger partial charge in [-0.15, -0.1) is 0 Å². The number of amides is 1. The van der Waals surface area contributed by atoms with Crippen molar-refractivity contribution < 1.29 is 9.18 Å². The molecule has 1 atom stereocenters. The molecule has 1 heterocycles. The number of nitrogens with two attached hydrogens (primary N) is 1. The molecule has 1 aromatic carbocycles. The minimum atomic E-state index is -0.464. The summed E-state index contributed by atoms with van der Waals surface area (Å²) in [7, 11) is 0. The molecule has 0 bridgehead atoms. The number of likely N-dealkylation sites (tertiary alicyclic amines) is 1. The molecule has 4 nitrogen and oxygen atoms in total. The molecule has 0 spiro atoms. The van der Waals surface area contributed by atoms with Gasteiger partial charge in [-0.3, -0.25) is 9.69 Å². The Morgan fingerprint density at radius 3 is 2.95 bits per heavy atom. The molecule has 3 N–H and O–H groups in total. The minimum absolute atomic E-state index is 0.148. The van der Waals surface area contributed by atoms with Gasteiger partial charge in [0.2, 0.25) is 5.91 Å². The van der Waals surface area contributed by atoms with Gasteiger partial charge in [0.15, 0.2) is 0 Å². The van der Waals surface area contributed by atoms with E-state index in [9.17, 15) is 9.18 Å². The molecule has 5 heteroatoms. The van der Waals surface area contributed by atoms with Crippen LogP contribution in [0.15, 0.2) is 18.2 Å². The van der Waals surface area contributed by atoms with E-state index in [1.807, 2.05) is 0 Å². The Hall–Kier alpha value is -1.62. The lowest BCUT2D eigenvalue weighted by molar-refractivity contribution is -0.117.